The molecule has 0 bridgehead atoms. The van der Waals surface area contributed by atoms with Gasteiger partial charge in [0.1, 0.15) is 0 Å². The number of aromatic nitrogens is 1. The third-order valence-corrected chi connectivity index (χ3v) is 5.82. The highest BCUT2D eigenvalue weighted by molar-refractivity contribution is 5.95. The first-order valence-corrected chi connectivity index (χ1v) is 10.6. The van der Waals surface area contributed by atoms with Crippen molar-refractivity contribution >= 4 is 12.0 Å². The lowest BCUT2D eigenvalue weighted by Gasteiger charge is -2.28. The third-order valence-electron chi connectivity index (χ3n) is 5.82. The fourth-order valence-electron chi connectivity index (χ4n) is 3.91. The number of ether oxygens (including phenoxy) is 1. The van der Waals surface area contributed by atoms with Gasteiger partial charge < -0.3 is 26.2 Å². The Kier molecular flexibility index (Phi) is 7.83. The topological polar surface area (TPSA) is 127 Å². The third kappa shape index (κ3) is 6.42. The highest BCUT2D eigenvalue weighted by Crippen LogP contribution is 2.28. The van der Waals surface area contributed by atoms with Gasteiger partial charge in [0.05, 0.1) is 12.8 Å². The average molecular weight is 427 g/mol. The zero-order chi connectivity index (χ0) is 22.2. The average Bonchev–Trinajstić information content (AvgIpc) is 2.81. The van der Waals surface area contributed by atoms with Crippen molar-refractivity contribution in [1.82, 2.24) is 15.6 Å². The fourth-order valence-corrected chi connectivity index (χ4v) is 3.91. The maximum Gasteiger partial charge on any atom is 0.404 e. The summed E-state index contributed by atoms with van der Waals surface area (Å²) in [5.74, 6) is 1.00. The molecule has 1 aromatic heterocycles. The number of nitrogens with one attached hydrogen (secondary N) is 2. The first-order chi connectivity index (χ1) is 15.0. The number of rotatable bonds is 8. The van der Waals surface area contributed by atoms with Crippen molar-refractivity contribution in [3.63, 3.8) is 0 Å². The van der Waals surface area contributed by atoms with Crippen molar-refractivity contribution in [1.29, 1.82) is 0 Å². The van der Waals surface area contributed by atoms with Crippen molar-refractivity contribution in [2.45, 2.75) is 32.2 Å². The highest BCUT2D eigenvalue weighted by Gasteiger charge is 2.22. The van der Waals surface area contributed by atoms with Gasteiger partial charge in [-0.05, 0) is 49.1 Å². The Labute approximate surface area is 182 Å². The largest absolute Gasteiger partial charge is 0.481 e. The van der Waals surface area contributed by atoms with Gasteiger partial charge in [-0.1, -0.05) is 24.3 Å². The minimum absolute atomic E-state index is 0.157. The lowest BCUT2D eigenvalue weighted by molar-refractivity contribution is 0.0940. The molecule has 1 saturated carbocycles. The van der Waals surface area contributed by atoms with E-state index >= 15 is 0 Å². The van der Waals surface area contributed by atoms with Gasteiger partial charge in [-0.2, -0.15) is 0 Å². The monoisotopic (exact) mass is 426 g/mol. The molecule has 166 valence electrons. The van der Waals surface area contributed by atoms with Gasteiger partial charge in [-0.15, -0.1) is 0 Å². The van der Waals surface area contributed by atoms with Gasteiger partial charge in [-0.25, -0.2) is 9.78 Å². The SMILES string of the molecule is COc1cc(C(=O)NC[C@H]2CC[C@H](CNC(=O)O)CC2)cc(-c2ccc(CN)cc2)n1. The molecule has 0 radical (unpaired) electrons. The Bertz CT molecular complexity index is 893. The van der Waals surface area contributed by atoms with Crippen LogP contribution in [-0.4, -0.2) is 42.3 Å². The van der Waals surface area contributed by atoms with E-state index in [2.05, 4.69) is 15.6 Å². The minimum atomic E-state index is -0.975. The molecule has 1 aromatic carbocycles. The molecule has 1 heterocycles. The maximum atomic E-state index is 12.8. The number of methoxy groups -OCH3 is 1. The first-order valence-electron chi connectivity index (χ1n) is 10.6. The van der Waals surface area contributed by atoms with E-state index in [1.54, 1.807) is 12.1 Å². The molecule has 3 rings (SSSR count). The maximum absolute atomic E-state index is 12.8. The number of amides is 2. The number of carbonyl (C=O) groups is 2. The van der Waals surface area contributed by atoms with E-state index in [9.17, 15) is 9.59 Å². The summed E-state index contributed by atoms with van der Waals surface area (Å²) in [4.78, 5) is 27.9. The summed E-state index contributed by atoms with van der Waals surface area (Å²) in [6.45, 7) is 1.57. The standard InChI is InChI=1S/C23H30N4O4/c1-31-21-11-19(10-20(27-21)18-8-6-15(12-24)7-9-18)22(28)25-13-16-2-4-17(5-3-16)14-26-23(29)30/h6-11,16-17,26H,2-5,12-14,24H2,1H3,(H,25,28)(H,29,30)/t16-,17-. The van der Waals surface area contributed by atoms with E-state index in [0.29, 0.717) is 48.6 Å². The second-order valence-electron chi connectivity index (χ2n) is 7.97. The molecular weight excluding hydrogens is 396 g/mol. The van der Waals surface area contributed by atoms with E-state index < -0.39 is 6.09 Å². The Balaban J connectivity index is 1.59. The first kappa shape index (κ1) is 22.6. The molecule has 2 amide bonds. The molecule has 31 heavy (non-hydrogen) atoms. The molecule has 8 heteroatoms. The zero-order valence-corrected chi connectivity index (χ0v) is 17.8. The quantitative estimate of drug-likeness (QED) is 0.514. The molecular formula is C23H30N4O4. The van der Waals surface area contributed by atoms with Gasteiger partial charge in [0.2, 0.25) is 5.88 Å². The van der Waals surface area contributed by atoms with Crippen LogP contribution in [0.3, 0.4) is 0 Å². The van der Waals surface area contributed by atoms with Crippen LogP contribution in [-0.2, 0) is 6.54 Å². The predicted molar refractivity (Wildman–Crippen MR) is 118 cm³/mol. The summed E-state index contributed by atoms with van der Waals surface area (Å²) < 4.78 is 5.30. The number of hydrogen-bond acceptors (Lipinski definition) is 5. The van der Waals surface area contributed by atoms with E-state index in [1.165, 1.54) is 7.11 Å². The van der Waals surface area contributed by atoms with Crippen LogP contribution in [0.4, 0.5) is 4.79 Å². The van der Waals surface area contributed by atoms with Crippen molar-refractivity contribution in [2.24, 2.45) is 17.6 Å². The lowest BCUT2D eigenvalue weighted by atomic mass is 9.82. The number of carbonyl (C=O) groups excluding carboxylic acids is 1. The van der Waals surface area contributed by atoms with Gasteiger partial charge >= 0.3 is 6.09 Å². The van der Waals surface area contributed by atoms with Gasteiger partial charge in [0, 0.05) is 36.8 Å². The molecule has 2 aromatic rings. The van der Waals surface area contributed by atoms with Crippen LogP contribution in [0.15, 0.2) is 36.4 Å². The Morgan fingerprint density at radius 2 is 1.68 bits per heavy atom. The molecule has 0 unspecified atom stereocenters. The Morgan fingerprint density at radius 1 is 1.06 bits per heavy atom. The summed E-state index contributed by atoms with van der Waals surface area (Å²) in [6, 6.07) is 11.2. The van der Waals surface area contributed by atoms with Crippen LogP contribution in [0.25, 0.3) is 11.3 Å². The molecule has 0 saturated heterocycles. The van der Waals surface area contributed by atoms with E-state index in [-0.39, 0.29) is 5.91 Å². The van der Waals surface area contributed by atoms with E-state index in [1.807, 2.05) is 24.3 Å². The summed E-state index contributed by atoms with van der Waals surface area (Å²) in [5.41, 5.74) is 8.75. The van der Waals surface area contributed by atoms with Crippen molar-refractivity contribution in [3.8, 4) is 17.1 Å². The van der Waals surface area contributed by atoms with Crippen LogP contribution in [0.5, 0.6) is 5.88 Å². The number of benzene rings is 1. The van der Waals surface area contributed by atoms with Crippen molar-refractivity contribution in [2.75, 3.05) is 20.2 Å². The summed E-state index contributed by atoms with van der Waals surface area (Å²) in [6.07, 6.45) is 2.91. The number of carboxylic acid groups (broad SMARTS) is 1. The smallest absolute Gasteiger partial charge is 0.404 e. The second-order valence-corrected chi connectivity index (χ2v) is 7.97. The van der Waals surface area contributed by atoms with Crippen LogP contribution in [0.1, 0.15) is 41.6 Å². The van der Waals surface area contributed by atoms with E-state index in [0.717, 1.165) is 36.8 Å². The highest BCUT2D eigenvalue weighted by atomic mass is 16.5. The molecule has 1 aliphatic rings. The molecule has 0 aliphatic heterocycles. The Morgan fingerprint density at radius 3 is 2.23 bits per heavy atom. The van der Waals surface area contributed by atoms with Crippen LogP contribution in [0.2, 0.25) is 0 Å². The van der Waals surface area contributed by atoms with Gasteiger partial charge in [-0.3, -0.25) is 4.79 Å². The summed E-state index contributed by atoms with van der Waals surface area (Å²) in [5, 5.41) is 14.2. The number of nitrogens with zero attached hydrogens (tertiary/aromatic N) is 1. The van der Waals surface area contributed by atoms with E-state index in [4.69, 9.17) is 15.6 Å². The second kappa shape index (κ2) is 10.8. The van der Waals surface area contributed by atoms with Crippen LogP contribution in [0, 0.1) is 11.8 Å². The molecule has 1 fully saturated rings. The molecule has 1 aliphatic carbocycles. The summed E-state index contributed by atoms with van der Waals surface area (Å²) >= 11 is 0. The van der Waals surface area contributed by atoms with Crippen molar-refractivity contribution in [3.05, 3.63) is 47.5 Å². The molecule has 5 N–H and O–H groups in total. The predicted octanol–water partition coefficient (Wildman–Crippen LogP) is 3.02. The molecule has 8 nitrogen and oxygen atoms in total. The summed E-state index contributed by atoms with van der Waals surface area (Å²) in [7, 11) is 1.53. The van der Waals surface area contributed by atoms with Crippen LogP contribution >= 0.6 is 0 Å². The van der Waals surface area contributed by atoms with Crippen LogP contribution < -0.4 is 21.1 Å². The fraction of sp³-hybridized carbons (Fsp3) is 0.435. The molecule has 0 spiro atoms. The minimum Gasteiger partial charge on any atom is -0.481 e. The number of pyridine rings is 1. The number of hydrogen-bond donors (Lipinski definition) is 4. The van der Waals surface area contributed by atoms with Gasteiger partial charge in [0.15, 0.2) is 0 Å². The number of nitrogens with two attached hydrogens (primary N) is 1. The zero-order valence-electron chi connectivity index (χ0n) is 17.8. The normalized spacial score (nSPS) is 18.3. The Hall–Kier alpha value is -3.13. The van der Waals surface area contributed by atoms with Crippen molar-refractivity contribution < 1.29 is 19.4 Å². The van der Waals surface area contributed by atoms with Gasteiger partial charge in [0.25, 0.3) is 5.91 Å². The molecule has 0 atom stereocenters. The lowest BCUT2D eigenvalue weighted by Crippen LogP contribution is -2.34.